The molecule has 4 rings (SSSR count). The molecule has 1 amide bonds. The average Bonchev–Trinajstić information content (AvgIpc) is 3.36. The van der Waals surface area contributed by atoms with Gasteiger partial charge in [-0.05, 0) is 36.6 Å². The van der Waals surface area contributed by atoms with Crippen molar-refractivity contribution < 1.29 is 9.53 Å². The van der Waals surface area contributed by atoms with E-state index in [1.807, 2.05) is 6.08 Å². The van der Waals surface area contributed by atoms with Crippen molar-refractivity contribution in [2.24, 2.45) is 0 Å². The number of carbonyl (C=O) groups is 1. The van der Waals surface area contributed by atoms with Gasteiger partial charge in [0.15, 0.2) is 0 Å². The Hall–Kier alpha value is -1.37. The number of thioether (sulfide) groups is 1. The van der Waals surface area contributed by atoms with Crippen LogP contribution in [-0.2, 0) is 9.53 Å². The predicted molar refractivity (Wildman–Crippen MR) is 97.5 cm³/mol. The summed E-state index contributed by atoms with van der Waals surface area (Å²) < 4.78 is 6.08. The average molecular weight is 346 g/mol. The molecule has 0 unspecified atom stereocenters. The lowest BCUT2D eigenvalue weighted by Crippen LogP contribution is -2.36. The van der Waals surface area contributed by atoms with E-state index in [1.54, 1.807) is 4.90 Å². The summed E-state index contributed by atoms with van der Waals surface area (Å²) in [7, 11) is 0. The van der Waals surface area contributed by atoms with Crippen LogP contribution < -0.4 is 4.90 Å². The Morgan fingerprint density at radius 1 is 1.17 bits per heavy atom. The number of nitrogens with zero attached hydrogens (tertiary/aromatic N) is 2. The van der Waals surface area contributed by atoms with E-state index in [4.69, 9.17) is 17.0 Å². The van der Waals surface area contributed by atoms with Gasteiger partial charge in [0.1, 0.15) is 4.32 Å². The van der Waals surface area contributed by atoms with Crippen LogP contribution in [0.5, 0.6) is 0 Å². The van der Waals surface area contributed by atoms with Gasteiger partial charge in [-0.1, -0.05) is 36.1 Å². The van der Waals surface area contributed by atoms with Crippen molar-refractivity contribution in [3.8, 4) is 0 Å². The highest BCUT2D eigenvalue weighted by Gasteiger charge is 2.41. The molecule has 6 heteroatoms. The Morgan fingerprint density at radius 2 is 1.87 bits per heavy atom. The molecule has 2 aliphatic heterocycles. The van der Waals surface area contributed by atoms with Gasteiger partial charge < -0.3 is 9.64 Å². The third-order valence-electron chi connectivity index (χ3n) is 4.30. The van der Waals surface area contributed by atoms with Gasteiger partial charge in [0, 0.05) is 24.8 Å². The predicted octanol–water partition coefficient (Wildman–Crippen LogP) is 2.89. The molecule has 2 heterocycles. The molecule has 3 fully saturated rings. The molecule has 1 aliphatic carbocycles. The first-order valence-electron chi connectivity index (χ1n) is 7.92. The van der Waals surface area contributed by atoms with Crippen molar-refractivity contribution in [3.05, 3.63) is 34.7 Å². The van der Waals surface area contributed by atoms with Crippen LogP contribution in [0.1, 0.15) is 18.4 Å². The van der Waals surface area contributed by atoms with Crippen LogP contribution in [0, 0.1) is 0 Å². The fourth-order valence-electron chi connectivity index (χ4n) is 2.88. The highest BCUT2D eigenvalue weighted by molar-refractivity contribution is 8.26. The zero-order chi connectivity index (χ0) is 15.8. The van der Waals surface area contributed by atoms with Crippen molar-refractivity contribution in [1.29, 1.82) is 0 Å². The molecule has 4 nitrogen and oxygen atoms in total. The number of ether oxygens (including phenoxy) is 1. The zero-order valence-electron chi connectivity index (χ0n) is 12.7. The Kier molecular flexibility index (Phi) is 4.13. The first-order valence-corrected chi connectivity index (χ1v) is 9.15. The van der Waals surface area contributed by atoms with E-state index in [1.165, 1.54) is 17.4 Å². The van der Waals surface area contributed by atoms with Crippen LogP contribution in [-0.4, -0.2) is 47.5 Å². The molecule has 23 heavy (non-hydrogen) atoms. The monoisotopic (exact) mass is 346 g/mol. The summed E-state index contributed by atoms with van der Waals surface area (Å²) in [4.78, 5) is 17.3. The van der Waals surface area contributed by atoms with Crippen molar-refractivity contribution >= 4 is 46.0 Å². The smallest absolute Gasteiger partial charge is 0.266 e. The van der Waals surface area contributed by atoms with Crippen LogP contribution in [0.15, 0.2) is 29.2 Å². The summed E-state index contributed by atoms with van der Waals surface area (Å²) in [6, 6.07) is 8.69. The minimum Gasteiger partial charge on any atom is -0.378 e. The van der Waals surface area contributed by atoms with Crippen LogP contribution >= 0.6 is 24.0 Å². The SMILES string of the molecule is O=C1/C(=C\c2ccc(N3CCOCC3)cc2)SC(=S)N1C1CC1. The molecular weight excluding hydrogens is 328 g/mol. The number of thiocarbonyl (C=S) groups is 1. The molecule has 1 aromatic rings. The lowest BCUT2D eigenvalue weighted by molar-refractivity contribution is -0.122. The molecule has 0 atom stereocenters. The van der Waals surface area contributed by atoms with Crippen LogP contribution in [0.4, 0.5) is 5.69 Å². The Balaban J connectivity index is 1.50. The Labute approximate surface area is 145 Å². The number of benzene rings is 1. The first kappa shape index (κ1) is 15.2. The molecular formula is C17H18N2O2S2. The number of amides is 1. The third-order valence-corrected chi connectivity index (χ3v) is 5.63. The fourth-order valence-corrected chi connectivity index (χ4v) is 4.28. The fraction of sp³-hybridized carbons (Fsp3) is 0.412. The summed E-state index contributed by atoms with van der Waals surface area (Å²) >= 11 is 6.76. The van der Waals surface area contributed by atoms with Gasteiger partial charge in [0.05, 0.1) is 18.1 Å². The molecule has 0 N–H and O–H groups in total. The molecule has 0 spiro atoms. The summed E-state index contributed by atoms with van der Waals surface area (Å²) in [5.41, 5.74) is 2.24. The zero-order valence-corrected chi connectivity index (χ0v) is 14.4. The minimum absolute atomic E-state index is 0.0692. The quantitative estimate of drug-likeness (QED) is 0.621. The highest BCUT2D eigenvalue weighted by Crippen LogP contribution is 2.40. The van der Waals surface area contributed by atoms with Crippen LogP contribution in [0.25, 0.3) is 6.08 Å². The molecule has 1 aromatic carbocycles. The third kappa shape index (κ3) is 3.16. The van der Waals surface area contributed by atoms with E-state index < -0.39 is 0 Å². The van der Waals surface area contributed by atoms with E-state index in [0.29, 0.717) is 10.4 Å². The van der Waals surface area contributed by atoms with Crippen LogP contribution in [0.3, 0.4) is 0 Å². The molecule has 120 valence electrons. The van der Waals surface area contributed by atoms with Crippen molar-refractivity contribution in [3.63, 3.8) is 0 Å². The van der Waals surface area contributed by atoms with Gasteiger partial charge in [-0.25, -0.2) is 0 Å². The number of anilines is 1. The van der Waals surface area contributed by atoms with Gasteiger partial charge in [0.2, 0.25) is 0 Å². The van der Waals surface area contributed by atoms with Crippen molar-refractivity contribution in [1.82, 2.24) is 4.90 Å². The van der Waals surface area contributed by atoms with E-state index in [9.17, 15) is 4.79 Å². The second-order valence-corrected chi connectivity index (χ2v) is 7.65. The van der Waals surface area contributed by atoms with Gasteiger partial charge >= 0.3 is 0 Å². The summed E-state index contributed by atoms with van der Waals surface area (Å²) in [5.74, 6) is 0.0692. The van der Waals surface area contributed by atoms with Crippen molar-refractivity contribution in [2.45, 2.75) is 18.9 Å². The number of morpholine rings is 1. The van der Waals surface area contributed by atoms with Gasteiger partial charge in [-0.2, -0.15) is 0 Å². The number of hydrogen-bond donors (Lipinski definition) is 0. The molecule has 2 saturated heterocycles. The van der Waals surface area contributed by atoms with Gasteiger partial charge in [0.25, 0.3) is 5.91 Å². The van der Waals surface area contributed by atoms with Crippen LogP contribution in [0.2, 0.25) is 0 Å². The topological polar surface area (TPSA) is 32.8 Å². The lowest BCUT2D eigenvalue weighted by atomic mass is 10.1. The first-order chi connectivity index (χ1) is 11.2. The maximum atomic E-state index is 12.4. The summed E-state index contributed by atoms with van der Waals surface area (Å²) in [6.07, 6.45) is 4.10. The molecule has 3 aliphatic rings. The maximum absolute atomic E-state index is 12.4. The Bertz CT molecular complexity index is 662. The number of hydrogen-bond acceptors (Lipinski definition) is 5. The van der Waals surface area contributed by atoms with E-state index in [2.05, 4.69) is 29.2 Å². The number of carbonyl (C=O) groups excluding carboxylic acids is 1. The normalized spacial score (nSPS) is 23.9. The molecule has 0 aromatic heterocycles. The van der Waals surface area contributed by atoms with Gasteiger partial charge in [-0.3, -0.25) is 9.69 Å². The second-order valence-electron chi connectivity index (χ2n) is 5.97. The molecule has 0 bridgehead atoms. The molecule has 0 radical (unpaired) electrons. The maximum Gasteiger partial charge on any atom is 0.266 e. The second kappa shape index (κ2) is 6.26. The van der Waals surface area contributed by atoms with E-state index >= 15 is 0 Å². The lowest BCUT2D eigenvalue weighted by Gasteiger charge is -2.28. The van der Waals surface area contributed by atoms with Gasteiger partial charge in [-0.15, -0.1) is 0 Å². The van der Waals surface area contributed by atoms with Crippen molar-refractivity contribution in [2.75, 3.05) is 31.2 Å². The largest absolute Gasteiger partial charge is 0.378 e. The van der Waals surface area contributed by atoms with E-state index in [-0.39, 0.29) is 5.91 Å². The van der Waals surface area contributed by atoms with E-state index in [0.717, 1.165) is 49.6 Å². The number of rotatable bonds is 3. The minimum atomic E-state index is 0.0692. The molecule has 1 saturated carbocycles. The Morgan fingerprint density at radius 3 is 2.52 bits per heavy atom. The summed E-state index contributed by atoms with van der Waals surface area (Å²) in [6.45, 7) is 3.43. The highest BCUT2D eigenvalue weighted by atomic mass is 32.2. The standard InChI is InChI=1S/C17H18N2O2S2/c20-16-15(23-17(22)19(16)14-5-6-14)11-12-1-3-13(4-2-12)18-7-9-21-10-8-18/h1-4,11,14H,5-10H2/b15-11+. The summed E-state index contributed by atoms with van der Waals surface area (Å²) in [5, 5.41) is 0.